The minimum absolute atomic E-state index is 0.0458. The molecule has 1 N–H and O–H groups in total. The van der Waals surface area contributed by atoms with Gasteiger partial charge in [-0.25, -0.2) is 4.39 Å². The van der Waals surface area contributed by atoms with Crippen molar-refractivity contribution in [2.75, 3.05) is 13.7 Å². The minimum Gasteiger partial charge on any atom is -0.494 e. The van der Waals surface area contributed by atoms with Crippen molar-refractivity contribution in [2.24, 2.45) is 0 Å². The molecular formula is C14H20FNO2. The smallest absolute Gasteiger partial charge is 0.165 e. The van der Waals surface area contributed by atoms with E-state index in [1.807, 2.05) is 6.07 Å². The number of hydrogen-bond acceptors (Lipinski definition) is 3. The minimum atomic E-state index is -0.340. The highest BCUT2D eigenvalue weighted by Crippen LogP contribution is 2.30. The van der Waals surface area contributed by atoms with Gasteiger partial charge in [-0.2, -0.15) is 0 Å². The summed E-state index contributed by atoms with van der Waals surface area (Å²) in [4.78, 5) is 2.18. The lowest BCUT2D eigenvalue weighted by Crippen LogP contribution is -2.37. The van der Waals surface area contributed by atoms with Crippen molar-refractivity contribution in [3.05, 3.63) is 29.6 Å². The molecule has 1 aromatic carbocycles. The Labute approximate surface area is 107 Å². The molecule has 100 valence electrons. The fourth-order valence-electron chi connectivity index (χ4n) is 2.58. The van der Waals surface area contributed by atoms with Crippen molar-refractivity contribution in [2.45, 2.75) is 38.5 Å². The van der Waals surface area contributed by atoms with E-state index in [-0.39, 0.29) is 23.2 Å². The first-order chi connectivity index (χ1) is 8.42. The van der Waals surface area contributed by atoms with Gasteiger partial charge in [-0.1, -0.05) is 6.07 Å². The largest absolute Gasteiger partial charge is 0.494 e. The normalized spacial score (nSPS) is 23.3. The van der Waals surface area contributed by atoms with Gasteiger partial charge in [-0.05, 0) is 38.0 Å². The lowest BCUT2D eigenvalue weighted by atomic mass is 10.0. The van der Waals surface area contributed by atoms with Crippen molar-refractivity contribution < 1.29 is 14.2 Å². The van der Waals surface area contributed by atoms with E-state index >= 15 is 0 Å². The van der Waals surface area contributed by atoms with Crippen LogP contribution >= 0.6 is 0 Å². The van der Waals surface area contributed by atoms with Gasteiger partial charge in [0.1, 0.15) is 0 Å². The van der Waals surface area contributed by atoms with Crippen molar-refractivity contribution in [3.63, 3.8) is 0 Å². The molecule has 0 saturated carbocycles. The molecule has 0 amide bonds. The number of hydrogen-bond donors (Lipinski definition) is 1. The van der Waals surface area contributed by atoms with Crippen LogP contribution < -0.4 is 4.74 Å². The average molecular weight is 253 g/mol. The van der Waals surface area contributed by atoms with Crippen LogP contribution in [-0.2, 0) is 6.54 Å². The Morgan fingerprint density at radius 3 is 2.72 bits per heavy atom. The predicted octanol–water partition coefficient (Wildman–Crippen LogP) is 2.18. The Kier molecular flexibility index (Phi) is 3.59. The van der Waals surface area contributed by atoms with Crippen molar-refractivity contribution in [1.82, 2.24) is 4.90 Å². The van der Waals surface area contributed by atoms with Gasteiger partial charge in [0, 0.05) is 18.6 Å². The van der Waals surface area contributed by atoms with Gasteiger partial charge in [0.2, 0.25) is 0 Å². The van der Waals surface area contributed by atoms with E-state index in [1.54, 1.807) is 6.07 Å². The maximum atomic E-state index is 13.6. The fraction of sp³-hybridized carbons (Fsp3) is 0.571. The lowest BCUT2D eigenvalue weighted by Gasteiger charge is -2.31. The van der Waals surface area contributed by atoms with Crippen LogP contribution in [0.4, 0.5) is 4.39 Å². The molecule has 0 bridgehead atoms. The molecule has 1 saturated heterocycles. The molecule has 0 aliphatic carbocycles. The molecule has 3 nitrogen and oxygen atoms in total. The first-order valence-corrected chi connectivity index (χ1v) is 6.18. The lowest BCUT2D eigenvalue weighted by molar-refractivity contribution is 0.156. The number of benzene rings is 1. The van der Waals surface area contributed by atoms with Crippen LogP contribution in [0.2, 0.25) is 0 Å². The van der Waals surface area contributed by atoms with E-state index in [4.69, 9.17) is 4.74 Å². The third-order valence-electron chi connectivity index (χ3n) is 3.61. The number of aliphatic hydroxyl groups is 1. The van der Waals surface area contributed by atoms with Crippen LogP contribution in [0.1, 0.15) is 25.8 Å². The van der Waals surface area contributed by atoms with Gasteiger partial charge in [-0.15, -0.1) is 0 Å². The molecule has 0 aromatic heterocycles. The number of ether oxygens (including phenoxy) is 1. The van der Waals surface area contributed by atoms with E-state index in [9.17, 15) is 9.50 Å². The molecule has 1 unspecified atom stereocenters. The monoisotopic (exact) mass is 253 g/mol. The fourth-order valence-corrected chi connectivity index (χ4v) is 2.58. The zero-order chi connectivity index (χ0) is 13.3. The first-order valence-electron chi connectivity index (χ1n) is 6.18. The summed E-state index contributed by atoms with van der Waals surface area (Å²) in [7, 11) is 1.46. The van der Waals surface area contributed by atoms with Gasteiger partial charge in [0.05, 0.1) is 13.2 Å². The Morgan fingerprint density at radius 1 is 1.50 bits per heavy atom. The quantitative estimate of drug-likeness (QED) is 0.896. The van der Waals surface area contributed by atoms with Crippen molar-refractivity contribution in [3.8, 4) is 5.75 Å². The Morgan fingerprint density at radius 2 is 2.22 bits per heavy atom. The highest BCUT2D eigenvalue weighted by molar-refractivity contribution is 5.29. The first kappa shape index (κ1) is 13.3. The number of halogens is 1. The van der Waals surface area contributed by atoms with Crippen LogP contribution in [0.15, 0.2) is 18.2 Å². The number of likely N-dealkylation sites (tertiary alicyclic amines) is 1. The molecule has 0 radical (unpaired) electrons. The summed E-state index contributed by atoms with van der Waals surface area (Å²) in [5.74, 6) is -0.0768. The van der Waals surface area contributed by atoms with E-state index < -0.39 is 0 Å². The topological polar surface area (TPSA) is 32.7 Å². The van der Waals surface area contributed by atoms with E-state index in [0.717, 1.165) is 12.0 Å². The van der Waals surface area contributed by atoms with Gasteiger partial charge >= 0.3 is 0 Å². The molecule has 1 atom stereocenters. The third kappa shape index (κ3) is 2.65. The summed E-state index contributed by atoms with van der Waals surface area (Å²) in [5, 5.41) is 9.71. The average Bonchev–Trinajstić information content (AvgIpc) is 2.52. The SMILES string of the molecule is COc1ccc(CN2CC(O)CC2(C)C)cc1F. The molecule has 4 heteroatoms. The molecule has 1 aliphatic heterocycles. The molecule has 2 rings (SSSR count). The Bertz CT molecular complexity index is 434. The summed E-state index contributed by atoms with van der Waals surface area (Å²) in [6, 6.07) is 5.01. The van der Waals surface area contributed by atoms with Crippen LogP contribution in [0.3, 0.4) is 0 Å². The Balaban J connectivity index is 2.12. The van der Waals surface area contributed by atoms with Gasteiger partial charge in [0.15, 0.2) is 11.6 Å². The number of methoxy groups -OCH3 is 1. The van der Waals surface area contributed by atoms with Gasteiger partial charge in [-0.3, -0.25) is 4.90 Å². The van der Waals surface area contributed by atoms with Crippen LogP contribution in [0.5, 0.6) is 5.75 Å². The number of rotatable bonds is 3. The predicted molar refractivity (Wildman–Crippen MR) is 68.1 cm³/mol. The number of aliphatic hydroxyl groups excluding tert-OH is 1. The highest BCUT2D eigenvalue weighted by atomic mass is 19.1. The molecule has 0 spiro atoms. The molecule has 1 heterocycles. The second kappa shape index (κ2) is 4.86. The second-order valence-corrected chi connectivity index (χ2v) is 5.52. The van der Waals surface area contributed by atoms with Crippen LogP contribution in [-0.4, -0.2) is 35.3 Å². The van der Waals surface area contributed by atoms with E-state index in [1.165, 1.54) is 13.2 Å². The van der Waals surface area contributed by atoms with E-state index in [0.29, 0.717) is 13.1 Å². The third-order valence-corrected chi connectivity index (χ3v) is 3.61. The van der Waals surface area contributed by atoms with Crippen LogP contribution in [0, 0.1) is 5.82 Å². The standard InChI is InChI=1S/C14H20FNO2/c1-14(2)7-11(17)9-16(14)8-10-4-5-13(18-3)12(15)6-10/h4-6,11,17H,7-9H2,1-3H3. The summed E-state index contributed by atoms with van der Waals surface area (Å²) < 4.78 is 18.5. The maximum absolute atomic E-state index is 13.6. The second-order valence-electron chi connectivity index (χ2n) is 5.52. The Hall–Kier alpha value is -1.13. The summed E-state index contributed by atoms with van der Waals surface area (Å²) in [6.07, 6.45) is 0.467. The molecule has 1 aromatic rings. The number of nitrogens with zero attached hydrogens (tertiary/aromatic N) is 1. The summed E-state index contributed by atoms with van der Waals surface area (Å²) >= 11 is 0. The number of β-amino-alcohol motifs (C(OH)–C–C–N with tert-alkyl or cyclic N) is 1. The van der Waals surface area contributed by atoms with Crippen molar-refractivity contribution >= 4 is 0 Å². The highest BCUT2D eigenvalue weighted by Gasteiger charge is 2.37. The summed E-state index contributed by atoms with van der Waals surface area (Å²) in [6.45, 7) is 5.48. The molecule has 1 aliphatic rings. The maximum Gasteiger partial charge on any atom is 0.165 e. The van der Waals surface area contributed by atoms with Gasteiger partial charge in [0.25, 0.3) is 0 Å². The zero-order valence-corrected chi connectivity index (χ0v) is 11.1. The van der Waals surface area contributed by atoms with Crippen molar-refractivity contribution in [1.29, 1.82) is 0 Å². The van der Waals surface area contributed by atoms with Gasteiger partial charge < -0.3 is 9.84 Å². The molecule has 1 fully saturated rings. The van der Waals surface area contributed by atoms with E-state index in [2.05, 4.69) is 18.7 Å². The molecular weight excluding hydrogens is 233 g/mol. The van der Waals surface area contributed by atoms with Crippen LogP contribution in [0.25, 0.3) is 0 Å². The molecule has 18 heavy (non-hydrogen) atoms. The summed E-state index contributed by atoms with van der Waals surface area (Å²) in [5.41, 5.74) is 0.853. The zero-order valence-electron chi connectivity index (χ0n) is 11.1.